The SMILES string of the molecule is CC(C)c1nnc2c(NCc3c(N)cccc3Cl)nc(NC3CCCCC3N)n(C(C)C)c1-2. The third-order valence-electron chi connectivity index (χ3n) is 6.42. The fourth-order valence-corrected chi connectivity index (χ4v) is 4.84. The minimum atomic E-state index is 0.108. The van der Waals surface area contributed by atoms with Gasteiger partial charge in [0.05, 0.1) is 11.4 Å². The highest BCUT2D eigenvalue weighted by Gasteiger charge is 2.30. The van der Waals surface area contributed by atoms with Crippen LogP contribution < -0.4 is 22.1 Å². The Kier molecular flexibility index (Phi) is 6.95. The number of nitrogens with one attached hydrogen (secondary N) is 2. The van der Waals surface area contributed by atoms with Gasteiger partial charge in [0.2, 0.25) is 5.95 Å². The minimum Gasteiger partial charge on any atom is -0.398 e. The van der Waals surface area contributed by atoms with Crippen molar-refractivity contribution in [3.8, 4) is 11.4 Å². The lowest BCUT2D eigenvalue weighted by atomic mass is 9.91. The molecule has 178 valence electrons. The zero-order valence-corrected chi connectivity index (χ0v) is 20.7. The van der Waals surface area contributed by atoms with Crippen molar-refractivity contribution in [2.24, 2.45) is 5.73 Å². The molecule has 3 aliphatic rings. The summed E-state index contributed by atoms with van der Waals surface area (Å²) in [6.45, 7) is 9.02. The molecule has 0 radical (unpaired) electrons. The molecule has 0 spiro atoms. The molecule has 33 heavy (non-hydrogen) atoms. The van der Waals surface area contributed by atoms with E-state index in [0.717, 1.165) is 41.4 Å². The van der Waals surface area contributed by atoms with Crippen molar-refractivity contribution in [1.29, 1.82) is 0 Å². The average Bonchev–Trinajstić information content (AvgIpc) is 3.20. The maximum Gasteiger partial charge on any atom is 0.205 e. The molecule has 4 rings (SSSR count). The van der Waals surface area contributed by atoms with Crippen molar-refractivity contribution in [2.45, 2.75) is 84.0 Å². The summed E-state index contributed by atoms with van der Waals surface area (Å²) in [5, 5.41) is 16.8. The van der Waals surface area contributed by atoms with E-state index >= 15 is 0 Å². The fraction of sp³-hybridized carbons (Fsp3) is 0.542. The van der Waals surface area contributed by atoms with E-state index in [1.165, 1.54) is 12.8 Å². The lowest BCUT2D eigenvalue weighted by molar-refractivity contribution is 0.400. The molecular weight excluding hydrogens is 436 g/mol. The molecule has 0 amide bonds. The first-order valence-electron chi connectivity index (χ1n) is 11.8. The fourth-order valence-electron chi connectivity index (χ4n) is 4.59. The number of nitrogens with zero attached hydrogens (tertiary/aromatic N) is 4. The van der Waals surface area contributed by atoms with Gasteiger partial charge in [-0.25, -0.2) is 0 Å². The molecule has 9 heteroatoms. The van der Waals surface area contributed by atoms with Crippen molar-refractivity contribution < 1.29 is 0 Å². The second-order valence-electron chi connectivity index (χ2n) is 9.55. The summed E-state index contributed by atoms with van der Waals surface area (Å²) < 4.78 is 2.21. The van der Waals surface area contributed by atoms with Gasteiger partial charge in [-0.05, 0) is 44.7 Å². The molecule has 8 nitrogen and oxygen atoms in total. The number of nitrogens with two attached hydrogens (primary N) is 2. The van der Waals surface area contributed by atoms with Gasteiger partial charge in [-0.3, -0.25) is 0 Å². The summed E-state index contributed by atoms with van der Waals surface area (Å²) in [4.78, 5) is 5.00. The number of hydrogen-bond acceptors (Lipinski definition) is 7. The van der Waals surface area contributed by atoms with E-state index in [-0.39, 0.29) is 24.0 Å². The lowest BCUT2D eigenvalue weighted by Crippen LogP contribution is -2.43. The summed E-state index contributed by atoms with van der Waals surface area (Å²) in [6, 6.07) is 5.99. The monoisotopic (exact) mass is 470 g/mol. The number of halogens is 1. The van der Waals surface area contributed by atoms with E-state index in [2.05, 4.69) is 53.1 Å². The molecule has 1 aromatic rings. The number of rotatable bonds is 7. The van der Waals surface area contributed by atoms with Crippen LogP contribution in [-0.4, -0.2) is 31.8 Å². The Morgan fingerprint density at radius 1 is 1.15 bits per heavy atom. The van der Waals surface area contributed by atoms with E-state index in [1.54, 1.807) is 0 Å². The number of fused-ring (bicyclic) bond motifs is 1. The molecule has 2 unspecified atom stereocenters. The Morgan fingerprint density at radius 2 is 1.91 bits per heavy atom. The van der Waals surface area contributed by atoms with E-state index in [1.807, 2.05) is 18.2 Å². The molecule has 1 aromatic carbocycles. The van der Waals surface area contributed by atoms with Crippen molar-refractivity contribution in [3.05, 3.63) is 34.5 Å². The number of anilines is 3. The third kappa shape index (κ3) is 4.73. The molecule has 0 aromatic heterocycles. The summed E-state index contributed by atoms with van der Waals surface area (Å²) in [5.74, 6) is 1.66. The Morgan fingerprint density at radius 3 is 2.58 bits per heavy atom. The van der Waals surface area contributed by atoms with Crippen LogP contribution in [0, 0.1) is 0 Å². The largest absolute Gasteiger partial charge is 0.398 e. The highest BCUT2D eigenvalue weighted by atomic mass is 35.5. The van der Waals surface area contributed by atoms with Gasteiger partial charge in [0.25, 0.3) is 0 Å². The highest BCUT2D eigenvalue weighted by molar-refractivity contribution is 6.31. The molecule has 2 heterocycles. The quantitative estimate of drug-likeness (QED) is 0.358. The van der Waals surface area contributed by atoms with Gasteiger partial charge >= 0.3 is 0 Å². The van der Waals surface area contributed by atoms with Gasteiger partial charge in [-0.15, -0.1) is 5.10 Å². The first kappa shape index (κ1) is 23.6. The predicted octanol–water partition coefficient (Wildman–Crippen LogP) is 5.01. The summed E-state index contributed by atoms with van der Waals surface area (Å²) in [6.07, 6.45) is 4.40. The molecule has 6 N–H and O–H groups in total. The van der Waals surface area contributed by atoms with Crippen molar-refractivity contribution in [1.82, 2.24) is 19.7 Å². The Bertz CT molecular complexity index is 1060. The number of benzene rings is 1. The van der Waals surface area contributed by atoms with Gasteiger partial charge in [0.1, 0.15) is 0 Å². The van der Waals surface area contributed by atoms with Crippen LogP contribution in [0.5, 0.6) is 0 Å². The Balaban J connectivity index is 1.79. The summed E-state index contributed by atoms with van der Waals surface area (Å²) in [5.41, 5.74) is 16.8. The lowest BCUT2D eigenvalue weighted by Gasteiger charge is -2.32. The van der Waals surface area contributed by atoms with Crippen LogP contribution in [0.3, 0.4) is 0 Å². The second kappa shape index (κ2) is 9.73. The normalized spacial score (nSPS) is 18.9. The maximum atomic E-state index is 6.46. The Labute approximate surface area is 200 Å². The molecule has 0 bridgehead atoms. The standard InChI is InChI=1S/C24H35ClN8/c1-13(2)20-22-21(32-31-20)23(28-12-15-16(25)8-7-10-17(15)26)30-24(33(22)14(3)4)29-19-11-6-5-9-18(19)27/h7-8,10,13-14,18-19,28H,5-6,9,11-12,26-27H2,1-4H3,(H,29,30). The summed E-state index contributed by atoms with van der Waals surface area (Å²) >= 11 is 6.40. The van der Waals surface area contributed by atoms with Crippen LogP contribution in [0.1, 0.15) is 76.6 Å². The van der Waals surface area contributed by atoms with Gasteiger partial charge < -0.3 is 26.7 Å². The average molecular weight is 471 g/mol. The van der Waals surface area contributed by atoms with Crippen molar-refractivity contribution in [3.63, 3.8) is 0 Å². The number of aromatic nitrogens is 4. The Hall–Kier alpha value is -2.58. The molecule has 2 atom stereocenters. The highest BCUT2D eigenvalue weighted by Crippen LogP contribution is 2.38. The van der Waals surface area contributed by atoms with Crippen LogP contribution in [0.25, 0.3) is 11.4 Å². The number of hydrogen-bond donors (Lipinski definition) is 4. The first-order chi connectivity index (χ1) is 15.8. The molecule has 1 saturated carbocycles. The molecule has 1 fully saturated rings. The smallest absolute Gasteiger partial charge is 0.205 e. The maximum absolute atomic E-state index is 6.46. The molecular formula is C24H35ClN8. The van der Waals surface area contributed by atoms with Crippen LogP contribution >= 0.6 is 11.6 Å². The third-order valence-corrected chi connectivity index (χ3v) is 6.77. The molecule has 1 aliphatic carbocycles. The minimum absolute atomic E-state index is 0.108. The van der Waals surface area contributed by atoms with E-state index < -0.39 is 0 Å². The zero-order chi connectivity index (χ0) is 23.7. The van der Waals surface area contributed by atoms with Gasteiger partial charge in [0, 0.05) is 40.9 Å². The van der Waals surface area contributed by atoms with Crippen LogP contribution in [-0.2, 0) is 6.54 Å². The predicted molar refractivity (Wildman–Crippen MR) is 136 cm³/mol. The van der Waals surface area contributed by atoms with Crippen molar-refractivity contribution in [2.75, 3.05) is 16.4 Å². The summed E-state index contributed by atoms with van der Waals surface area (Å²) in [7, 11) is 0. The van der Waals surface area contributed by atoms with Crippen LogP contribution in [0.4, 0.5) is 17.5 Å². The van der Waals surface area contributed by atoms with Crippen LogP contribution in [0.2, 0.25) is 5.02 Å². The van der Waals surface area contributed by atoms with E-state index in [9.17, 15) is 0 Å². The van der Waals surface area contributed by atoms with E-state index in [0.29, 0.717) is 23.1 Å². The topological polar surface area (TPSA) is 120 Å². The van der Waals surface area contributed by atoms with Gasteiger partial charge in [0.15, 0.2) is 11.5 Å². The van der Waals surface area contributed by atoms with E-state index in [4.69, 9.17) is 28.1 Å². The second-order valence-corrected chi connectivity index (χ2v) is 9.95. The number of nitrogen functional groups attached to an aromatic ring is 1. The first-order valence-corrected chi connectivity index (χ1v) is 12.2. The zero-order valence-electron chi connectivity index (χ0n) is 19.9. The van der Waals surface area contributed by atoms with Crippen molar-refractivity contribution >= 4 is 29.1 Å². The molecule has 2 aliphatic heterocycles. The van der Waals surface area contributed by atoms with Gasteiger partial charge in [-0.1, -0.05) is 44.4 Å². The molecule has 0 saturated heterocycles. The van der Waals surface area contributed by atoms with Crippen LogP contribution in [0.15, 0.2) is 18.2 Å². The van der Waals surface area contributed by atoms with Gasteiger partial charge in [-0.2, -0.15) is 10.1 Å².